The first-order valence-electron chi connectivity index (χ1n) is 5.29. The minimum atomic E-state index is -0.215. The van der Waals surface area contributed by atoms with Crippen molar-refractivity contribution in [2.75, 3.05) is 13.2 Å². The average Bonchev–Trinajstić information content (AvgIpc) is 2.27. The number of ether oxygens (including phenoxy) is 1. The quantitative estimate of drug-likeness (QED) is 0.876. The molecule has 0 saturated heterocycles. The number of carbonyl (C=O) groups is 1. The molecule has 0 saturated carbocycles. The van der Waals surface area contributed by atoms with Gasteiger partial charge in [0.1, 0.15) is 5.75 Å². The third-order valence-corrected chi connectivity index (χ3v) is 2.31. The lowest BCUT2D eigenvalue weighted by atomic mass is 10.1. The molecule has 17 heavy (non-hydrogen) atoms. The summed E-state index contributed by atoms with van der Waals surface area (Å²) in [6, 6.07) is 5.87. The molecule has 0 aliphatic heterocycles. The number of carbonyl (C=O) groups excluding carboxylic acids is 1. The SMILES string of the molecule is C=C(Cl)CNC(=O)COc1cc(C)ccc1C. The van der Waals surface area contributed by atoms with Crippen molar-refractivity contribution in [2.24, 2.45) is 0 Å². The van der Waals surface area contributed by atoms with Crippen molar-refractivity contribution in [1.82, 2.24) is 5.32 Å². The molecule has 0 unspecified atom stereocenters. The van der Waals surface area contributed by atoms with E-state index >= 15 is 0 Å². The second-order valence-corrected chi connectivity index (χ2v) is 4.39. The fraction of sp³-hybridized carbons (Fsp3) is 0.308. The van der Waals surface area contributed by atoms with E-state index < -0.39 is 0 Å². The Labute approximate surface area is 106 Å². The van der Waals surface area contributed by atoms with Crippen LogP contribution >= 0.6 is 11.6 Å². The Morgan fingerprint density at radius 2 is 2.18 bits per heavy atom. The van der Waals surface area contributed by atoms with Crippen LogP contribution in [0.4, 0.5) is 0 Å². The zero-order valence-electron chi connectivity index (χ0n) is 10.0. The van der Waals surface area contributed by atoms with E-state index in [0.29, 0.717) is 5.03 Å². The zero-order chi connectivity index (χ0) is 12.8. The molecule has 1 aromatic carbocycles. The lowest BCUT2D eigenvalue weighted by Gasteiger charge is -2.09. The third kappa shape index (κ3) is 4.91. The van der Waals surface area contributed by atoms with E-state index in [1.54, 1.807) is 0 Å². The summed E-state index contributed by atoms with van der Waals surface area (Å²) >= 11 is 5.54. The molecule has 0 atom stereocenters. The lowest BCUT2D eigenvalue weighted by Crippen LogP contribution is -2.29. The van der Waals surface area contributed by atoms with Gasteiger partial charge in [0.25, 0.3) is 5.91 Å². The lowest BCUT2D eigenvalue weighted by molar-refractivity contribution is -0.122. The van der Waals surface area contributed by atoms with Gasteiger partial charge in [0.15, 0.2) is 6.61 Å². The van der Waals surface area contributed by atoms with Gasteiger partial charge in [-0.25, -0.2) is 0 Å². The Balaban J connectivity index is 2.47. The van der Waals surface area contributed by atoms with Gasteiger partial charge in [-0.15, -0.1) is 0 Å². The summed E-state index contributed by atoms with van der Waals surface area (Å²) in [4.78, 5) is 11.4. The van der Waals surface area contributed by atoms with Crippen molar-refractivity contribution >= 4 is 17.5 Å². The summed E-state index contributed by atoms with van der Waals surface area (Å²) in [6.07, 6.45) is 0. The van der Waals surface area contributed by atoms with Crippen molar-refractivity contribution in [2.45, 2.75) is 13.8 Å². The normalized spacial score (nSPS) is 9.82. The predicted molar refractivity (Wildman–Crippen MR) is 69.4 cm³/mol. The summed E-state index contributed by atoms with van der Waals surface area (Å²) in [7, 11) is 0. The third-order valence-electron chi connectivity index (χ3n) is 2.18. The van der Waals surface area contributed by atoms with E-state index in [-0.39, 0.29) is 19.1 Å². The number of amides is 1. The minimum Gasteiger partial charge on any atom is -0.483 e. The standard InChI is InChI=1S/C13H16ClNO2/c1-9-4-5-10(2)12(6-9)17-8-13(16)15-7-11(3)14/h4-6H,3,7-8H2,1-2H3,(H,15,16). The molecule has 3 nitrogen and oxygen atoms in total. The molecule has 0 aromatic heterocycles. The highest BCUT2D eigenvalue weighted by atomic mass is 35.5. The molecule has 0 radical (unpaired) electrons. The number of benzene rings is 1. The van der Waals surface area contributed by atoms with E-state index in [4.69, 9.17) is 16.3 Å². The minimum absolute atomic E-state index is 0.0194. The van der Waals surface area contributed by atoms with Crippen LogP contribution in [0, 0.1) is 13.8 Å². The van der Waals surface area contributed by atoms with Crippen LogP contribution in [0.25, 0.3) is 0 Å². The van der Waals surface area contributed by atoms with Crippen molar-refractivity contribution in [3.05, 3.63) is 40.9 Å². The van der Waals surface area contributed by atoms with Gasteiger partial charge in [0, 0.05) is 5.03 Å². The molecule has 1 N–H and O–H groups in total. The van der Waals surface area contributed by atoms with Crippen LogP contribution in [0.5, 0.6) is 5.75 Å². The van der Waals surface area contributed by atoms with E-state index in [2.05, 4.69) is 11.9 Å². The average molecular weight is 254 g/mol. The Hall–Kier alpha value is -1.48. The Bertz CT molecular complexity index is 429. The number of hydrogen-bond donors (Lipinski definition) is 1. The summed E-state index contributed by atoms with van der Waals surface area (Å²) in [6.45, 7) is 7.64. The highest BCUT2D eigenvalue weighted by molar-refractivity contribution is 6.29. The molecule has 0 aliphatic carbocycles. The van der Waals surface area contributed by atoms with Crippen LogP contribution in [0.3, 0.4) is 0 Å². The van der Waals surface area contributed by atoms with Gasteiger partial charge in [0.05, 0.1) is 6.54 Å². The van der Waals surface area contributed by atoms with Crippen LogP contribution in [0.15, 0.2) is 29.8 Å². The van der Waals surface area contributed by atoms with Crippen LogP contribution in [0.2, 0.25) is 0 Å². The smallest absolute Gasteiger partial charge is 0.258 e. The molecule has 1 rings (SSSR count). The summed E-state index contributed by atoms with van der Waals surface area (Å²) in [5, 5.41) is 2.98. The highest BCUT2D eigenvalue weighted by Crippen LogP contribution is 2.18. The van der Waals surface area contributed by atoms with E-state index in [1.165, 1.54) is 0 Å². The van der Waals surface area contributed by atoms with Gasteiger partial charge in [-0.3, -0.25) is 4.79 Å². The first kappa shape index (κ1) is 13.6. The van der Waals surface area contributed by atoms with E-state index in [9.17, 15) is 4.79 Å². The second kappa shape index (κ2) is 6.30. The van der Waals surface area contributed by atoms with Gasteiger partial charge < -0.3 is 10.1 Å². The molecule has 0 aliphatic rings. The van der Waals surface area contributed by atoms with Crippen molar-refractivity contribution in [1.29, 1.82) is 0 Å². The monoisotopic (exact) mass is 253 g/mol. The topological polar surface area (TPSA) is 38.3 Å². The summed E-state index contributed by atoms with van der Waals surface area (Å²) in [5.74, 6) is 0.512. The largest absolute Gasteiger partial charge is 0.483 e. The van der Waals surface area contributed by atoms with Crippen LogP contribution in [0.1, 0.15) is 11.1 Å². The Kier molecular flexibility index (Phi) is 5.04. The number of aryl methyl sites for hydroxylation is 2. The van der Waals surface area contributed by atoms with Gasteiger partial charge in [0.2, 0.25) is 0 Å². The zero-order valence-corrected chi connectivity index (χ0v) is 10.8. The predicted octanol–water partition coefficient (Wildman–Crippen LogP) is 2.55. The van der Waals surface area contributed by atoms with Crippen LogP contribution in [-0.4, -0.2) is 19.1 Å². The van der Waals surface area contributed by atoms with Gasteiger partial charge in [-0.05, 0) is 31.0 Å². The van der Waals surface area contributed by atoms with E-state index in [0.717, 1.165) is 16.9 Å². The van der Waals surface area contributed by atoms with Gasteiger partial charge >= 0.3 is 0 Å². The molecule has 1 amide bonds. The number of nitrogens with one attached hydrogen (secondary N) is 1. The fourth-order valence-corrected chi connectivity index (χ4v) is 1.32. The number of hydrogen-bond acceptors (Lipinski definition) is 2. The molecule has 0 heterocycles. The van der Waals surface area contributed by atoms with Gasteiger partial charge in [-0.1, -0.05) is 30.3 Å². The van der Waals surface area contributed by atoms with Gasteiger partial charge in [-0.2, -0.15) is 0 Å². The Morgan fingerprint density at radius 3 is 2.82 bits per heavy atom. The maximum Gasteiger partial charge on any atom is 0.258 e. The summed E-state index contributed by atoms with van der Waals surface area (Å²) in [5.41, 5.74) is 2.10. The number of halogens is 1. The molecule has 0 fully saturated rings. The molecule has 92 valence electrons. The van der Waals surface area contributed by atoms with Crippen molar-refractivity contribution < 1.29 is 9.53 Å². The van der Waals surface area contributed by atoms with Crippen molar-refractivity contribution in [3.8, 4) is 5.75 Å². The molecular weight excluding hydrogens is 238 g/mol. The molecule has 4 heteroatoms. The molecular formula is C13H16ClNO2. The molecule has 1 aromatic rings. The first-order chi connectivity index (χ1) is 7.99. The second-order valence-electron chi connectivity index (χ2n) is 3.85. The van der Waals surface area contributed by atoms with Crippen LogP contribution in [-0.2, 0) is 4.79 Å². The maximum atomic E-state index is 11.4. The molecule has 0 spiro atoms. The first-order valence-corrected chi connectivity index (χ1v) is 5.67. The molecule has 0 bridgehead atoms. The van der Waals surface area contributed by atoms with Crippen LogP contribution < -0.4 is 10.1 Å². The maximum absolute atomic E-state index is 11.4. The van der Waals surface area contributed by atoms with E-state index in [1.807, 2.05) is 32.0 Å². The number of rotatable bonds is 5. The Morgan fingerprint density at radius 1 is 1.47 bits per heavy atom. The summed E-state index contributed by atoms with van der Waals surface area (Å²) < 4.78 is 5.43. The fourth-order valence-electron chi connectivity index (χ4n) is 1.25. The highest BCUT2D eigenvalue weighted by Gasteiger charge is 2.04. The van der Waals surface area contributed by atoms with Crippen molar-refractivity contribution in [3.63, 3.8) is 0 Å².